The maximum Gasteiger partial charge on any atom is 0.336 e. The van der Waals surface area contributed by atoms with Crippen LogP contribution >= 0.6 is 0 Å². The van der Waals surface area contributed by atoms with Crippen LogP contribution in [0.2, 0.25) is 0 Å². The Morgan fingerprint density at radius 2 is 1.78 bits per heavy atom. The SMILES string of the molecule is COc1c(O)cc(C2Oc3cc(O)c4ccc(=O)oc4c3CC2O)cc1O. The molecule has 2 atom stereocenters. The second-order valence-corrected chi connectivity index (χ2v) is 6.27. The molecule has 2 aromatic carbocycles. The van der Waals surface area contributed by atoms with Crippen molar-refractivity contribution in [2.45, 2.75) is 18.6 Å². The molecule has 140 valence electrons. The number of methoxy groups -OCH3 is 1. The molecule has 3 aromatic rings. The molecular formula is C19H16O8. The molecule has 0 saturated carbocycles. The van der Waals surface area contributed by atoms with Crippen LogP contribution < -0.4 is 15.1 Å². The Labute approximate surface area is 152 Å². The molecule has 8 nitrogen and oxygen atoms in total. The van der Waals surface area contributed by atoms with Crippen LogP contribution in [-0.2, 0) is 6.42 Å². The third kappa shape index (κ3) is 2.70. The lowest BCUT2D eigenvalue weighted by Crippen LogP contribution is -2.30. The van der Waals surface area contributed by atoms with E-state index in [1.807, 2.05) is 0 Å². The zero-order valence-corrected chi connectivity index (χ0v) is 14.2. The second kappa shape index (κ2) is 6.10. The van der Waals surface area contributed by atoms with E-state index in [1.165, 1.54) is 37.4 Å². The number of benzene rings is 2. The van der Waals surface area contributed by atoms with E-state index in [0.717, 1.165) is 0 Å². The van der Waals surface area contributed by atoms with Crippen molar-refractivity contribution in [2.24, 2.45) is 0 Å². The van der Waals surface area contributed by atoms with E-state index in [4.69, 9.17) is 13.9 Å². The minimum atomic E-state index is -1.05. The van der Waals surface area contributed by atoms with E-state index in [9.17, 15) is 25.2 Å². The maximum absolute atomic E-state index is 11.6. The zero-order chi connectivity index (χ0) is 19.3. The van der Waals surface area contributed by atoms with Gasteiger partial charge in [0.15, 0.2) is 17.6 Å². The van der Waals surface area contributed by atoms with Gasteiger partial charge in [-0.1, -0.05) is 0 Å². The van der Waals surface area contributed by atoms with Gasteiger partial charge in [-0.25, -0.2) is 4.79 Å². The van der Waals surface area contributed by atoms with Crippen molar-refractivity contribution >= 4 is 11.0 Å². The Bertz CT molecular complexity index is 1080. The van der Waals surface area contributed by atoms with Gasteiger partial charge in [0, 0.05) is 29.7 Å². The van der Waals surface area contributed by atoms with Crippen molar-refractivity contribution in [2.75, 3.05) is 7.11 Å². The number of hydrogen-bond donors (Lipinski definition) is 4. The van der Waals surface area contributed by atoms with Crippen LogP contribution in [0.1, 0.15) is 17.2 Å². The summed E-state index contributed by atoms with van der Waals surface area (Å²) >= 11 is 0. The monoisotopic (exact) mass is 372 g/mol. The first-order valence-corrected chi connectivity index (χ1v) is 8.12. The topological polar surface area (TPSA) is 130 Å². The van der Waals surface area contributed by atoms with Crippen LogP contribution in [0, 0.1) is 0 Å². The van der Waals surface area contributed by atoms with Gasteiger partial charge in [-0.3, -0.25) is 0 Å². The quantitative estimate of drug-likeness (QED) is 0.502. The summed E-state index contributed by atoms with van der Waals surface area (Å²) in [6.45, 7) is 0. The molecule has 0 fully saturated rings. The van der Waals surface area contributed by atoms with Crippen LogP contribution in [0.15, 0.2) is 39.5 Å². The van der Waals surface area contributed by atoms with Gasteiger partial charge in [-0.15, -0.1) is 0 Å². The molecule has 1 aliphatic heterocycles. The fourth-order valence-corrected chi connectivity index (χ4v) is 3.36. The van der Waals surface area contributed by atoms with E-state index in [0.29, 0.717) is 16.5 Å². The summed E-state index contributed by atoms with van der Waals surface area (Å²) in [5, 5.41) is 41.1. The van der Waals surface area contributed by atoms with E-state index in [2.05, 4.69) is 0 Å². The highest BCUT2D eigenvalue weighted by Crippen LogP contribution is 2.45. The van der Waals surface area contributed by atoms with E-state index in [-0.39, 0.29) is 40.8 Å². The summed E-state index contributed by atoms with van der Waals surface area (Å²) in [6.07, 6.45) is -1.90. The molecule has 0 spiro atoms. The van der Waals surface area contributed by atoms with Crippen LogP contribution in [0.25, 0.3) is 11.0 Å². The van der Waals surface area contributed by atoms with Crippen LogP contribution in [-0.4, -0.2) is 33.6 Å². The molecule has 0 amide bonds. The first-order valence-electron chi connectivity index (χ1n) is 8.12. The number of aromatic hydroxyl groups is 3. The van der Waals surface area contributed by atoms with Gasteiger partial charge in [0.25, 0.3) is 0 Å². The number of fused-ring (bicyclic) bond motifs is 3. The van der Waals surface area contributed by atoms with Crippen molar-refractivity contribution in [1.29, 1.82) is 0 Å². The lowest BCUT2D eigenvalue weighted by Gasteiger charge is -2.31. The number of aliphatic hydroxyl groups is 1. The number of phenols is 3. The highest BCUT2D eigenvalue weighted by molar-refractivity contribution is 5.88. The summed E-state index contributed by atoms with van der Waals surface area (Å²) in [4.78, 5) is 11.6. The third-order valence-electron chi connectivity index (χ3n) is 4.57. The van der Waals surface area contributed by atoms with Crippen molar-refractivity contribution in [3.8, 4) is 28.7 Å². The Morgan fingerprint density at radius 1 is 1.07 bits per heavy atom. The van der Waals surface area contributed by atoms with Crippen molar-refractivity contribution in [3.05, 3.63) is 51.9 Å². The molecule has 27 heavy (non-hydrogen) atoms. The summed E-state index contributed by atoms with van der Waals surface area (Å²) in [5.41, 5.74) is 0.330. The van der Waals surface area contributed by atoms with Gasteiger partial charge in [0.1, 0.15) is 17.1 Å². The molecule has 0 bridgehead atoms. The van der Waals surface area contributed by atoms with Crippen LogP contribution in [0.5, 0.6) is 28.7 Å². The number of rotatable bonds is 2. The van der Waals surface area contributed by atoms with Crippen molar-refractivity contribution in [3.63, 3.8) is 0 Å². The van der Waals surface area contributed by atoms with E-state index >= 15 is 0 Å². The van der Waals surface area contributed by atoms with Crippen LogP contribution in [0.3, 0.4) is 0 Å². The predicted molar refractivity (Wildman–Crippen MR) is 93.6 cm³/mol. The lowest BCUT2D eigenvalue weighted by atomic mass is 9.93. The zero-order valence-electron chi connectivity index (χ0n) is 14.2. The number of aliphatic hydroxyl groups excluding tert-OH is 1. The number of hydrogen-bond acceptors (Lipinski definition) is 8. The van der Waals surface area contributed by atoms with Gasteiger partial charge in [0.05, 0.1) is 18.6 Å². The molecule has 1 aromatic heterocycles. The Kier molecular flexibility index (Phi) is 3.85. The molecule has 1 aliphatic rings. The molecule has 8 heteroatoms. The molecule has 0 saturated heterocycles. The summed E-state index contributed by atoms with van der Waals surface area (Å²) in [6, 6.07) is 6.64. The number of phenolic OH excluding ortho intramolecular Hbond substituents is 3. The fraction of sp³-hybridized carbons (Fsp3) is 0.211. The van der Waals surface area contributed by atoms with E-state index in [1.54, 1.807) is 0 Å². The summed E-state index contributed by atoms with van der Waals surface area (Å²) in [5.74, 6) is -0.597. The fourth-order valence-electron chi connectivity index (χ4n) is 3.36. The molecule has 0 radical (unpaired) electrons. The largest absolute Gasteiger partial charge is 0.507 e. The molecule has 4 rings (SSSR count). The lowest BCUT2D eigenvalue weighted by molar-refractivity contribution is 0.0206. The van der Waals surface area contributed by atoms with Crippen molar-refractivity contribution in [1.82, 2.24) is 0 Å². The first kappa shape index (κ1) is 17.0. The molecule has 2 unspecified atom stereocenters. The minimum Gasteiger partial charge on any atom is -0.507 e. The van der Waals surface area contributed by atoms with Gasteiger partial charge < -0.3 is 34.3 Å². The minimum absolute atomic E-state index is 0.0806. The van der Waals surface area contributed by atoms with E-state index < -0.39 is 17.8 Å². The second-order valence-electron chi connectivity index (χ2n) is 6.27. The van der Waals surface area contributed by atoms with Gasteiger partial charge in [0.2, 0.25) is 5.75 Å². The van der Waals surface area contributed by atoms with Gasteiger partial charge in [-0.05, 0) is 18.2 Å². The first-order chi connectivity index (χ1) is 12.9. The van der Waals surface area contributed by atoms with Gasteiger partial charge in [-0.2, -0.15) is 0 Å². The highest BCUT2D eigenvalue weighted by atomic mass is 16.5. The average Bonchev–Trinajstić information content (AvgIpc) is 2.61. The van der Waals surface area contributed by atoms with Gasteiger partial charge >= 0.3 is 5.63 Å². The van der Waals surface area contributed by atoms with Crippen LogP contribution in [0.4, 0.5) is 0 Å². The standard InChI is InChI=1S/C19H16O8/c1-25-19-12(21)4-8(5-13(19)22)17-14(23)6-10-15(26-17)7-11(20)9-2-3-16(24)27-18(9)10/h2-5,7,14,17,20-23H,6H2,1H3. The summed E-state index contributed by atoms with van der Waals surface area (Å²) < 4.78 is 15.9. The number of ether oxygens (including phenoxy) is 2. The third-order valence-corrected chi connectivity index (χ3v) is 4.57. The van der Waals surface area contributed by atoms with Crippen molar-refractivity contribution < 1.29 is 34.3 Å². The Balaban J connectivity index is 1.82. The Hall–Kier alpha value is -3.39. The smallest absolute Gasteiger partial charge is 0.336 e. The molecule has 0 aliphatic carbocycles. The average molecular weight is 372 g/mol. The maximum atomic E-state index is 11.6. The molecule has 2 heterocycles. The normalized spacial score (nSPS) is 18.7. The Morgan fingerprint density at radius 3 is 2.44 bits per heavy atom. The molecule has 4 N–H and O–H groups in total. The summed E-state index contributed by atoms with van der Waals surface area (Å²) in [7, 11) is 1.30. The predicted octanol–water partition coefficient (Wildman–Crippen LogP) is 1.96. The molecular weight excluding hydrogens is 356 g/mol. The highest BCUT2D eigenvalue weighted by Gasteiger charge is 2.33.